The topological polar surface area (TPSA) is 125 Å². The van der Waals surface area contributed by atoms with E-state index in [1.54, 1.807) is 4.90 Å². The third-order valence-electron chi connectivity index (χ3n) is 6.21. The first-order valence-corrected chi connectivity index (χ1v) is 12.2. The lowest BCUT2D eigenvalue weighted by molar-refractivity contribution is -0.144. The number of hydrogen-bond donors (Lipinski definition) is 2. The maximum atomic E-state index is 13.3. The van der Waals surface area contributed by atoms with E-state index in [4.69, 9.17) is 4.52 Å². The Labute approximate surface area is 176 Å². The Balaban J connectivity index is 1.52. The van der Waals surface area contributed by atoms with Gasteiger partial charge in [0.15, 0.2) is 0 Å². The highest BCUT2D eigenvalue weighted by molar-refractivity contribution is 7.88. The number of rotatable bonds is 7. The van der Waals surface area contributed by atoms with E-state index < -0.39 is 16.1 Å². The Morgan fingerprint density at radius 1 is 1.27 bits per heavy atom. The number of fused-ring (bicyclic) bond motifs is 1. The smallest absolute Gasteiger partial charge is 0.242 e. The second-order valence-corrected chi connectivity index (χ2v) is 10.5. The summed E-state index contributed by atoms with van der Waals surface area (Å²) in [6.07, 6.45) is 3.50. The number of aromatic nitrogens is 1. The van der Waals surface area contributed by atoms with Gasteiger partial charge in [0.25, 0.3) is 0 Å². The Bertz CT molecular complexity index is 922. The SMILES string of the molecule is Cc1noc(C)c1CN1C[C@@H]2C[C@H](NS(C)(=O)=O)CN2C(=O)[C@@H]1CNC(=O)C1CC1. The number of carbonyl (C=O) groups excluding carboxylic acids is 2. The Hall–Kier alpha value is -1.98. The van der Waals surface area contributed by atoms with Gasteiger partial charge in [-0.15, -0.1) is 0 Å². The molecule has 3 atom stereocenters. The summed E-state index contributed by atoms with van der Waals surface area (Å²) in [7, 11) is -3.35. The third-order valence-corrected chi connectivity index (χ3v) is 6.97. The predicted molar refractivity (Wildman–Crippen MR) is 108 cm³/mol. The molecule has 3 fully saturated rings. The lowest BCUT2D eigenvalue weighted by Gasteiger charge is -2.42. The monoisotopic (exact) mass is 439 g/mol. The molecule has 11 heteroatoms. The van der Waals surface area contributed by atoms with Crippen LogP contribution in [0.4, 0.5) is 0 Å². The van der Waals surface area contributed by atoms with Crippen LogP contribution in [0.2, 0.25) is 0 Å². The molecule has 0 bridgehead atoms. The van der Waals surface area contributed by atoms with Crippen LogP contribution in [0.25, 0.3) is 0 Å². The lowest BCUT2D eigenvalue weighted by Crippen LogP contribution is -2.62. The van der Waals surface area contributed by atoms with E-state index in [2.05, 4.69) is 20.1 Å². The predicted octanol–water partition coefficient (Wildman–Crippen LogP) is -0.479. The molecule has 0 aromatic carbocycles. The quantitative estimate of drug-likeness (QED) is 0.588. The standard InChI is InChI=1S/C19H29N5O5S/c1-11-16(12(2)29-21-11)10-23-9-15-6-14(22-30(3,27)28)8-24(15)19(26)17(23)7-20-18(25)13-4-5-13/h13-15,17,22H,4-10H2,1-3H3,(H,20,25)/t14-,15-,17-/m0/s1. The van der Waals surface area contributed by atoms with Gasteiger partial charge in [0.2, 0.25) is 21.8 Å². The Kier molecular flexibility index (Phi) is 5.62. The molecule has 1 saturated carbocycles. The zero-order valence-electron chi connectivity index (χ0n) is 17.6. The summed E-state index contributed by atoms with van der Waals surface area (Å²) in [5, 5.41) is 6.94. The summed E-state index contributed by atoms with van der Waals surface area (Å²) >= 11 is 0. The molecule has 1 aromatic rings. The lowest BCUT2D eigenvalue weighted by atomic mass is 10.0. The molecule has 2 N–H and O–H groups in total. The van der Waals surface area contributed by atoms with E-state index in [9.17, 15) is 18.0 Å². The van der Waals surface area contributed by atoms with Crippen LogP contribution >= 0.6 is 0 Å². The van der Waals surface area contributed by atoms with Gasteiger partial charge in [-0.25, -0.2) is 13.1 Å². The average molecular weight is 440 g/mol. The highest BCUT2D eigenvalue weighted by Gasteiger charge is 2.46. The van der Waals surface area contributed by atoms with Crippen LogP contribution in [-0.2, 0) is 26.2 Å². The third kappa shape index (κ3) is 4.52. The van der Waals surface area contributed by atoms with Crippen LogP contribution < -0.4 is 10.0 Å². The summed E-state index contributed by atoms with van der Waals surface area (Å²) in [5.74, 6) is 0.709. The van der Waals surface area contributed by atoms with Gasteiger partial charge in [0, 0.05) is 49.7 Å². The fraction of sp³-hybridized carbons (Fsp3) is 0.737. The van der Waals surface area contributed by atoms with Gasteiger partial charge < -0.3 is 14.7 Å². The van der Waals surface area contributed by atoms with Crippen LogP contribution in [0.15, 0.2) is 4.52 Å². The van der Waals surface area contributed by atoms with E-state index in [0.717, 1.165) is 30.4 Å². The molecule has 166 valence electrons. The first-order chi connectivity index (χ1) is 14.1. The number of aryl methyl sites for hydroxylation is 2. The van der Waals surface area contributed by atoms with Crippen LogP contribution in [0.1, 0.15) is 36.3 Å². The fourth-order valence-corrected chi connectivity index (χ4v) is 5.28. The van der Waals surface area contributed by atoms with Crippen molar-refractivity contribution < 1.29 is 22.5 Å². The molecule has 2 saturated heterocycles. The number of nitrogens with one attached hydrogen (secondary N) is 2. The van der Waals surface area contributed by atoms with Gasteiger partial charge in [-0.3, -0.25) is 14.5 Å². The fourth-order valence-electron chi connectivity index (χ4n) is 4.50. The highest BCUT2D eigenvalue weighted by Crippen LogP contribution is 2.30. The van der Waals surface area contributed by atoms with Crippen molar-refractivity contribution in [2.45, 2.75) is 57.8 Å². The molecule has 1 aliphatic carbocycles. The number of nitrogens with zero attached hydrogens (tertiary/aromatic N) is 3. The van der Waals surface area contributed by atoms with E-state index in [1.807, 2.05) is 13.8 Å². The minimum atomic E-state index is -3.35. The molecule has 0 unspecified atom stereocenters. The van der Waals surface area contributed by atoms with Gasteiger partial charge in [-0.1, -0.05) is 5.16 Å². The van der Waals surface area contributed by atoms with Crippen LogP contribution in [0.5, 0.6) is 0 Å². The van der Waals surface area contributed by atoms with Crippen LogP contribution in [-0.4, -0.2) is 79.2 Å². The van der Waals surface area contributed by atoms with E-state index in [1.165, 1.54) is 0 Å². The van der Waals surface area contributed by atoms with Crippen LogP contribution in [0.3, 0.4) is 0 Å². The Morgan fingerprint density at radius 3 is 2.60 bits per heavy atom. The molecule has 4 rings (SSSR count). The molecule has 10 nitrogen and oxygen atoms in total. The molecule has 2 aliphatic heterocycles. The van der Waals surface area contributed by atoms with Crippen molar-refractivity contribution in [3.8, 4) is 0 Å². The number of sulfonamides is 1. The average Bonchev–Trinajstić information content (AvgIpc) is 3.36. The summed E-state index contributed by atoms with van der Waals surface area (Å²) < 4.78 is 31.2. The molecule has 1 aromatic heterocycles. The number of piperazine rings is 1. The summed E-state index contributed by atoms with van der Waals surface area (Å²) in [6.45, 7) is 5.40. The largest absolute Gasteiger partial charge is 0.361 e. The molecule has 30 heavy (non-hydrogen) atoms. The molecular weight excluding hydrogens is 410 g/mol. The van der Waals surface area contributed by atoms with Gasteiger partial charge in [-0.05, 0) is 33.1 Å². The van der Waals surface area contributed by atoms with Gasteiger partial charge in [0.1, 0.15) is 11.8 Å². The van der Waals surface area contributed by atoms with E-state index in [-0.39, 0.29) is 36.4 Å². The number of hydrogen-bond acceptors (Lipinski definition) is 7. The zero-order chi connectivity index (χ0) is 21.6. The van der Waals surface area contributed by atoms with Gasteiger partial charge >= 0.3 is 0 Å². The second-order valence-electron chi connectivity index (χ2n) is 8.73. The molecule has 3 heterocycles. The highest BCUT2D eigenvalue weighted by atomic mass is 32.2. The normalized spacial score (nSPS) is 27.4. The summed E-state index contributed by atoms with van der Waals surface area (Å²) in [5.41, 5.74) is 1.73. The van der Waals surface area contributed by atoms with Gasteiger partial charge in [-0.2, -0.15) is 0 Å². The summed E-state index contributed by atoms with van der Waals surface area (Å²) in [4.78, 5) is 29.3. The molecule has 3 aliphatic rings. The van der Waals surface area contributed by atoms with E-state index >= 15 is 0 Å². The molecule has 0 radical (unpaired) electrons. The first kappa shape index (κ1) is 21.3. The summed E-state index contributed by atoms with van der Waals surface area (Å²) in [6, 6.07) is -0.878. The molecule has 2 amide bonds. The Morgan fingerprint density at radius 2 is 2.00 bits per heavy atom. The molecule has 0 spiro atoms. The second kappa shape index (κ2) is 7.93. The van der Waals surface area contributed by atoms with Crippen LogP contribution in [0, 0.1) is 19.8 Å². The zero-order valence-corrected chi connectivity index (χ0v) is 18.4. The van der Waals surface area contributed by atoms with Crippen molar-refractivity contribution in [1.29, 1.82) is 0 Å². The van der Waals surface area contributed by atoms with Crippen molar-refractivity contribution in [2.75, 3.05) is 25.9 Å². The van der Waals surface area contributed by atoms with Crippen molar-refractivity contribution in [2.24, 2.45) is 5.92 Å². The minimum absolute atomic E-state index is 0.000235. The van der Waals surface area contributed by atoms with Gasteiger partial charge in [0.05, 0.1) is 11.9 Å². The molecular formula is C19H29N5O5S. The van der Waals surface area contributed by atoms with E-state index in [0.29, 0.717) is 31.8 Å². The maximum Gasteiger partial charge on any atom is 0.242 e. The first-order valence-electron chi connectivity index (χ1n) is 10.3. The minimum Gasteiger partial charge on any atom is -0.361 e. The maximum absolute atomic E-state index is 13.3. The number of carbonyl (C=O) groups is 2. The van der Waals surface area contributed by atoms with Crippen molar-refractivity contribution >= 4 is 21.8 Å². The van der Waals surface area contributed by atoms with Crippen molar-refractivity contribution in [3.63, 3.8) is 0 Å². The van der Waals surface area contributed by atoms with Crippen molar-refractivity contribution in [1.82, 2.24) is 25.0 Å². The van der Waals surface area contributed by atoms with Crippen molar-refractivity contribution in [3.05, 3.63) is 17.0 Å². The number of amides is 2.